The summed E-state index contributed by atoms with van der Waals surface area (Å²) in [5.74, 6) is -0.104. The Morgan fingerprint density at radius 1 is 1.30 bits per heavy atom. The fourth-order valence-electron chi connectivity index (χ4n) is 3.00. The van der Waals surface area contributed by atoms with Crippen molar-refractivity contribution >= 4 is 30.9 Å². The molecule has 0 saturated carbocycles. The lowest BCUT2D eigenvalue weighted by atomic mass is 10.1. The molecule has 0 amide bonds. The number of nitrogen functional groups attached to an aromatic ring is 1. The Balaban J connectivity index is 1.67. The van der Waals surface area contributed by atoms with Gasteiger partial charge < -0.3 is 25.4 Å². The molecule has 0 bridgehead atoms. The Morgan fingerprint density at radius 3 is 2.74 bits per heavy atom. The molecule has 27 heavy (non-hydrogen) atoms. The second-order valence-corrected chi connectivity index (χ2v) is 9.20. The van der Waals surface area contributed by atoms with Crippen molar-refractivity contribution in [2.24, 2.45) is 0 Å². The Kier molecular flexibility index (Phi) is 6.21. The second-order valence-electron chi connectivity index (χ2n) is 6.27. The molecule has 1 saturated heterocycles. The zero-order valence-corrected chi connectivity index (χ0v) is 16.1. The van der Waals surface area contributed by atoms with Crippen LogP contribution in [0.3, 0.4) is 0 Å². The number of hydrogen-bond acceptors (Lipinski definition) is 9. The quantitative estimate of drug-likeness (QED) is 0.437. The minimum atomic E-state index is -1.23. The topological polar surface area (TPSA) is 146 Å². The number of fused-ring (bicyclic) bond motifs is 1. The standard InChI is InChI=1S/C16H24N5O5P/c1-3-27(4-2)6-10(22)25-5-9-12(23)13(24)16(26-9)21-8-20-11-14(17)18-7-19-15(11)21/h7-9,12-13,16,23-24H,3-6H2,1-2H3,(H2,17,18,19)/t9-,12?,13?,16-/m1/s1. The molecule has 0 aromatic carbocycles. The van der Waals surface area contributed by atoms with Crippen LogP contribution in [0.5, 0.6) is 0 Å². The molecule has 3 rings (SSSR count). The van der Waals surface area contributed by atoms with Crippen LogP contribution in [0, 0.1) is 0 Å². The molecule has 0 spiro atoms. The first-order valence-electron chi connectivity index (χ1n) is 8.78. The Morgan fingerprint density at radius 2 is 2.04 bits per heavy atom. The van der Waals surface area contributed by atoms with Crippen LogP contribution in [-0.2, 0) is 14.3 Å². The van der Waals surface area contributed by atoms with Crippen molar-refractivity contribution in [2.75, 3.05) is 30.8 Å². The van der Waals surface area contributed by atoms with E-state index in [4.69, 9.17) is 15.2 Å². The summed E-state index contributed by atoms with van der Waals surface area (Å²) < 4.78 is 12.5. The highest BCUT2D eigenvalue weighted by atomic mass is 31.1. The lowest BCUT2D eigenvalue weighted by Gasteiger charge is -2.17. The van der Waals surface area contributed by atoms with E-state index in [2.05, 4.69) is 28.8 Å². The summed E-state index contributed by atoms with van der Waals surface area (Å²) in [7, 11) is -0.366. The number of carbonyl (C=O) groups excluding carboxylic acids is 1. The molecule has 1 aliphatic heterocycles. The van der Waals surface area contributed by atoms with Crippen LogP contribution >= 0.6 is 7.92 Å². The van der Waals surface area contributed by atoms with Gasteiger partial charge in [-0.1, -0.05) is 21.8 Å². The highest BCUT2D eigenvalue weighted by molar-refractivity contribution is 7.58. The fourth-order valence-corrected chi connectivity index (χ4v) is 4.35. The monoisotopic (exact) mass is 397 g/mol. The molecule has 3 heterocycles. The number of rotatable bonds is 7. The van der Waals surface area contributed by atoms with Crippen molar-refractivity contribution in [3.8, 4) is 0 Å². The van der Waals surface area contributed by atoms with Crippen molar-refractivity contribution in [1.29, 1.82) is 0 Å². The predicted octanol–water partition coefficient (Wildman–Crippen LogP) is 0.0926. The number of hydrogen-bond donors (Lipinski definition) is 3. The van der Waals surface area contributed by atoms with Gasteiger partial charge in [-0.2, -0.15) is 0 Å². The van der Waals surface area contributed by atoms with E-state index >= 15 is 0 Å². The molecular formula is C16H24N5O5P. The molecule has 0 radical (unpaired) electrons. The normalized spacial score (nSPS) is 25.4. The summed E-state index contributed by atoms with van der Waals surface area (Å²) in [5, 5.41) is 20.7. The molecule has 4 N–H and O–H groups in total. The van der Waals surface area contributed by atoms with Crippen molar-refractivity contribution in [2.45, 2.75) is 38.4 Å². The average Bonchev–Trinajstić information content (AvgIpc) is 3.21. The Bertz CT molecular complexity index is 799. The van der Waals surface area contributed by atoms with E-state index in [1.807, 2.05) is 0 Å². The van der Waals surface area contributed by atoms with Crippen LogP contribution in [0.2, 0.25) is 0 Å². The molecule has 2 aromatic rings. The summed E-state index contributed by atoms with van der Waals surface area (Å²) in [4.78, 5) is 24.1. The number of aliphatic hydroxyl groups excluding tert-OH is 2. The number of anilines is 1. The van der Waals surface area contributed by atoms with Gasteiger partial charge >= 0.3 is 5.97 Å². The third kappa shape index (κ3) is 4.03. The summed E-state index contributed by atoms with van der Waals surface area (Å²) >= 11 is 0. The first-order valence-corrected chi connectivity index (χ1v) is 10.7. The Hall–Kier alpha value is -1.87. The molecule has 4 atom stereocenters. The van der Waals surface area contributed by atoms with E-state index in [0.717, 1.165) is 12.3 Å². The second kappa shape index (κ2) is 8.43. The number of imidazole rings is 1. The molecule has 11 heteroatoms. The van der Waals surface area contributed by atoms with Gasteiger partial charge in [0.2, 0.25) is 0 Å². The van der Waals surface area contributed by atoms with Crippen LogP contribution in [-0.4, -0.2) is 79.1 Å². The third-order valence-electron chi connectivity index (χ3n) is 4.65. The van der Waals surface area contributed by atoms with Gasteiger partial charge in [0, 0.05) is 0 Å². The molecule has 1 aliphatic rings. The van der Waals surface area contributed by atoms with Crippen LogP contribution in [0.1, 0.15) is 20.1 Å². The first-order chi connectivity index (χ1) is 13.0. The van der Waals surface area contributed by atoms with E-state index in [1.165, 1.54) is 17.2 Å². The lowest BCUT2D eigenvalue weighted by molar-refractivity contribution is -0.147. The van der Waals surface area contributed by atoms with Crippen molar-refractivity contribution < 1.29 is 24.5 Å². The third-order valence-corrected chi connectivity index (χ3v) is 7.15. The van der Waals surface area contributed by atoms with E-state index < -0.39 is 24.5 Å². The van der Waals surface area contributed by atoms with Gasteiger partial charge in [0.1, 0.15) is 36.8 Å². The smallest absolute Gasteiger partial charge is 0.310 e. The zero-order chi connectivity index (χ0) is 19.6. The molecule has 0 aliphatic carbocycles. The molecular weight excluding hydrogens is 373 g/mol. The highest BCUT2D eigenvalue weighted by Crippen LogP contribution is 2.34. The Labute approximate surface area is 157 Å². The maximum atomic E-state index is 12.0. The number of carbonyl (C=O) groups is 1. The van der Waals surface area contributed by atoms with E-state index in [1.54, 1.807) is 0 Å². The highest BCUT2D eigenvalue weighted by Gasteiger charge is 2.45. The largest absolute Gasteiger partial charge is 0.463 e. The van der Waals surface area contributed by atoms with Crippen molar-refractivity contribution in [3.05, 3.63) is 12.7 Å². The zero-order valence-electron chi connectivity index (χ0n) is 15.2. The fraction of sp³-hybridized carbons (Fsp3) is 0.625. The van der Waals surface area contributed by atoms with Crippen LogP contribution < -0.4 is 5.73 Å². The number of nitrogens with two attached hydrogens (primary N) is 1. The first kappa shape index (κ1) is 19.9. The van der Waals surface area contributed by atoms with Gasteiger partial charge in [-0.3, -0.25) is 9.36 Å². The maximum absolute atomic E-state index is 12.0. The number of aliphatic hydroxyl groups is 2. The number of esters is 1. The van der Waals surface area contributed by atoms with Crippen LogP contribution in [0.25, 0.3) is 11.2 Å². The molecule has 10 nitrogen and oxygen atoms in total. The molecule has 2 aromatic heterocycles. The minimum Gasteiger partial charge on any atom is -0.463 e. The number of ether oxygens (including phenoxy) is 2. The van der Waals surface area contributed by atoms with Crippen molar-refractivity contribution in [3.63, 3.8) is 0 Å². The number of nitrogens with zero attached hydrogens (tertiary/aromatic N) is 4. The SMILES string of the molecule is CCP(CC)CC(=O)OC[C@H]1O[C@@H](n2cnc3c(N)ncnc32)C(O)C1O. The average molecular weight is 397 g/mol. The number of aromatic nitrogens is 4. The lowest BCUT2D eigenvalue weighted by Crippen LogP contribution is -2.34. The van der Waals surface area contributed by atoms with Gasteiger partial charge in [-0.15, -0.1) is 0 Å². The summed E-state index contributed by atoms with van der Waals surface area (Å²) in [5.41, 5.74) is 6.53. The predicted molar refractivity (Wildman–Crippen MR) is 99.5 cm³/mol. The molecule has 2 unspecified atom stereocenters. The van der Waals surface area contributed by atoms with Gasteiger partial charge in [-0.05, 0) is 12.3 Å². The minimum absolute atomic E-state index is 0.131. The van der Waals surface area contributed by atoms with E-state index in [0.29, 0.717) is 17.3 Å². The van der Waals surface area contributed by atoms with Crippen LogP contribution in [0.4, 0.5) is 5.82 Å². The van der Waals surface area contributed by atoms with Gasteiger partial charge in [-0.25, -0.2) is 15.0 Å². The van der Waals surface area contributed by atoms with E-state index in [9.17, 15) is 15.0 Å². The van der Waals surface area contributed by atoms with E-state index in [-0.39, 0.29) is 26.3 Å². The summed E-state index contributed by atoms with van der Waals surface area (Å²) in [6.45, 7) is 3.98. The van der Waals surface area contributed by atoms with Gasteiger partial charge in [0.15, 0.2) is 17.7 Å². The van der Waals surface area contributed by atoms with Crippen LogP contribution in [0.15, 0.2) is 12.7 Å². The van der Waals surface area contributed by atoms with Crippen molar-refractivity contribution in [1.82, 2.24) is 19.5 Å². The summed E-state index contributed by atoms with van der Waals surface area (Å²) in [6, 6.07) is 0. The maximum Gasteiger partial charge on any atom is 0.310 e. The van der Waals surface area contributed by atoms with Gasteiger partial charge in [0.05, 0.1) is 12.5 Å². The molecule has 1 fully saturated rings. The molecule has 148 valence electrons. The summed E-state index contributed by atoms with van der Waals surface area (Å²) in [6.07, 6.45) is 0.800. The van der Waals surface area contributed by atoms with Gasteiger partial charge in [0.25, 0.3) is 0 Å².